The van der Waals surface area contributed by atoms with E-state index in [1.54, 1.807) is 0 Å². The Morgan fingerprint density at radius 1 is 1.33 bits per heavy atom. The second kappa shape index (κ2) is 3.23. The Bertz CT molecular complexity index is 275. The maximum Gasteiger partial charge on any atom is 0.161 e. The molecule has 2 nitrogen and oxygen atoms in total. The van der Waals surface area contributed by atoms with Crippen molar-refractivity contribution in [1.29, 1.82) is 0 Å². The SMILES string of the molecule is ClCC1COc2ccccc2O1. The van der Waals surface area contributed by atoms with E-state index >= 15 is 0 Å². The summed E-state index contributed by atoms with van der Waals surface area (Å²) < 4.78 is 10.9. The van der Waals surface area contributed by atoms with Gasteiger partial charge in [0.2, 0.25) is 0 Å². The molecule has 1 aliphatic rings. The number of halogens is 1. The number of alkyl halides is 1. The Labute approximate surface area is 76.1 Å². The van der Waals surface area contributed by atoms with Crippen LogP contribution in [0, 0.1) is 0 Å². The second-order valence-corrected chi connectivity index (χ2v) is 2.96. The van der Waals surface area contributed by atoms with Gasteiger partial charge in [0.1, 0.15) is 12.7 Å². The van der Waals surface area contributed by atoms with Crippen LogP contribution in [0.1, 0.15) is 0 Å². The van der Waals surface area contributed by atoms with E-state index in [2.05, 4.69) is 0 Å². The molecule has 1 atom stereocenters. The first kappa shape index (κ1) is 7.74. The molecule has 3 heteroatoms. The lowest BCUT2D eigenvalue weighted by molar-refractivity contribution is 0.106. The van der Waals surface area contributed by atoms with Gasteiger partial charge >= 0.3 is 0 Å². The lowest BCUT2D eigenvalue weighted by Gasteiger charge is -2.24. The molecule has 0 bridgehead atoms. The summed E-state index contributed by atoms with van der Waals surface area (Å²) in [5.74, 6) is 2.06. The van der Waals surface area contributed by atoms with Crippen LogP contribution in [0.2, 0.25) is 0 Å². The van der Waals surface area contributed by atoms with Gasteiger partial charge in [-0.15, -0.1) is 11.6 Å². The molecule has 0 saturated carbocycles. The van der Waals surface area contributed by atoms with E-state index in [0.717, 1.165) is 11.5 Å². The maximum absolute atomic E-state index is 5.64. The first-order chi connectivity index (χ1) is 5.90. The summed E-state index contributed by atoms with van der Waals surface area (Å²) in [4.78, 5) is 0. The molecule has 1 unspecified atom stereocenters. The van der Waals surface area contributed by atoms with E-state index in [-0.39, 0.29) is 6.10 Å². The Hall–Kier alpha value is -0.890. The minimum atomic E-state index is -0.0124. The van der Waals surface area contributed by atoms with Crippen LogP contribution >= 0.6 is 11.6 Å². The minimum Gasteiger partial charge on any atom is -0.486 e. The highest BCUT2D eigenvalue weighted by atomic mass is 35.5. The Kier molecular flexibility index (Phi) is 2.09. The zero-order chi connectivity index (χ0) is 8.39. The summed E-state index contributed by atoms with van der Waals surface area (Å²) in [7, 11) is 0. The molecule has 0 N–H and O–H groups in total. The number of hydrogen-bond acceptors (Lipinski definition) is 2. The van der Waals surface area contributed by atoms with Crippen LogP contribution in [0.4, 0.5) is 0 Å². The molecule has 0 aromatic heterocycles. The summed E-state index contributed by atoms with van der Waals surface area (Å²) in [5, 5.41) is 0. The average Bonchev–Trinajstić information content (AvgIpc) is 2.17. The van der Waals surface area contributed by atoms with Crippen molar-refractivity contribution >= 4 is 11.6 Å². The lowest BCUT2D eigenvalue weighted by Crippen LogP contribution is -2.30. The third kappa shape index (κ3) is 1.34. The summed E-state index contributed by atoms with van der Waals surface area (Å²) in [6.45, 7) is 0.542. The van der Waals surface area contributed by atoms with Crippen molar-refractivity contribution in [1.82, 2.24) is 0 Å². The topological polar surface area (TPSA) is 18.5 Å². The Morgan fingerprint density at radius 3 is 2.83 bits per heavy atom. The molecule has 1 aliphatic heterocycles. The van der Waals surface area contributed by atoms with Gasteiger partial charge in [0.05, 0.1) is 5.88 Å². The summed E-state index contributed by atoms with van der Waals surface area (Å²) >= 11 is 5.64. The number of rotatable bonds is 1. The third-order valence-corrected chi connectivity index (χ3v) is 2.08. The van der Waals surface area contributed by atoms with Crippen LogP contribution in [-0.2, 0) is 0 Å². The van der Waals surface area contributed by atoms with Gasteiger partial charge in [0, 0.05) is 0 Å². The molecule has 2 rings (SSSR count). The third-order valence-electron chi connectivity index (χ3n) is 1.74. The fourth-order valence-corrected chi connectivity index (χ4v) is 1.29. The molecular weight excluding hydrogens is 176 g/mol. The average molecular weight is 185 g/mol. The molecule has 1 aromatic rings. The van der Waals surface area contributed by atoms with E-state index in [0.29, 0.717) is 12.5 Å². The highest BCUT2D eigenvalue weighted by molar-refractivity contribution is 6.18. The van der Waals surface area contributed by atoms with Crippen LogP contribution in [0.3, 0.4) is 0 Å². The van der Waals surface area contributed by atoms with Gasteiger partial charge in [0.15, 0.2) is 11.5 Å². The largest absolute Gasteiger partial charge is 0.486 e. The highest BCUT2D eigenvalue weighted by Gasteiger charge is 2.18. The van der Waals surface area contributed by atoms with Crippen molar-refractivity contribution in [2.75, 3.05) is 12.5 Å². The monoisotopic (exact) mass is 184 g/mol. The van der Waals surface area contributed by atoms with Gasteiger partial charge in [-0.05, 0) is 12.1 Å². The zero-order valence-corrected chi connectivity index (χ0v) is 7.25. The molecule has 12 heavy (non-hydrogen) atoms. The van der Waals surface area contributed by atoms with Crippen LogP contribution in [0.25, 0.3) is 0 Å². The van der Waals surface area contributed by atoms with E-state index in [9.17, 15) is 0 Å². The molecule has 64 valence electrons. The van der Waals surface area contributed by atoms with Crippen molar-refractivity contribution in [3.05, 3.63) is 24.3 Å². The van der Waals surface area contributed by atoms with Crippen LogP contribution < -0.4 is 9.47 Å². The zero-order valence-electron chi connectivity index (χ0n) is 6.50. The molecule has 0 fully saturated rings. The summed E-state index contributed by atoms with van der Waals surface area (Å²) in [6, 6.07) is 7.61. The number of hydrogen-bond donors (Lipinski definition) is 0. The summed E-state index contributed by atoms with van der Waals surface area (Å²) in [5.41, 5.74) is 0. The molecule has 0 radical (unpaired) electrons. The second-order valence-electron chi connectivity index (χ2n) is 2.65. The Morgan fingerprint density at radius 2 is 2.08 bits per heavy atom. The predicted molar refractivity (Wildman–Crippen MR) is 47.1 cm³/mol. The van der Waals surface area contributed by atoms with Crippen LogP contribution in [0.5, 0.6) is 11.5 Å². The Balaban J connectivity index is 2.23. The smallest absolute Gasteiger partial charge is 0.161 e. The number of fused-ring (bicyclic) bond motifs is 1. The van der Waals surface area contributed by atoms with E-state index < -0.39 is 0 Å². The van der Waals surface area contributed by atoms with Gasteiger partial charge in [-0.3, -0.25) is 0 Å². The summed E-state index contributed by atoms with van der Waals surface area (Å²) in [6.07, 6.45) is -0.0124. The molecule has 0 saturated heterocycles. The molecule has 1 heterocycles. The van der Waals surface area contributed by atoms with Crippen molar-refractivity contribution in [3.8, 4) is 11.5 Å². The fraction of sp³-hybridized carbons (Fsp3) is 0.333. The van der Waals surface area contributed by atoms with Crippen molar-refractivity contribution in [2.24, 2.45) is 0 Å². The van der Waals surface area contributed by atoms with E-state index in [1.807, 2.05) is 24.3 Å². The number of ether oxygens (including phenoxy) is 2. The van der Waals surface area contributed by atoms with E-state index in [4.69, 9.17) is 21.1 Å². The fourth-order valence-electron chi connectivity index (χ4n) is 1.14. The predicted octanol–water partition coefficient (Wildman–Crippen LogP) is 2.07. The molecule has 0 amide bonds. The quantitative estimate of drug-likeness (QED) is 0.622. The first-order valence-electron chi connectivity index (χ1n) is 3.84. The standard InChI is InChI=1S/C9H9ClO2/c10-5-7-6-11-8-3-1-2-4-9(8)12-7/h1-4,7H,5-6H2. The van der Waals surface area contributed by atoms with Crippen LogP contribution in [-0.4, -0.2) is 18.6 Å². The molecule has 1 aromatic carbocycles. The molecular formula is C9H9ClO2. The number of para-hydroxylation sites is 2. The van der Waals surface area contributed by atoms with E-state index in [1.165, 1.54) is 0 Å². The normalized spacial score (nSPS) is 20.6. The number of benzene rings is 1. The van der Waals surface area contributed by atoms with Crippen LogP contribution in [0.15, 0.2) is 24.3 Å². The van der Waals surface area contributed by atoms with Gasteiger partial charge in [-0.2, -0.15) is 0 Å². The van der Waals surface area contributed by atoms with Crippen molar-refractivity contribution < 1.29 is 9.47 Å². The van der Waals surface area contributed by atoms with Gasteiger partial charge in [-0.25, -0.2) is 0 Å². The first-order valence-corrected chi connectivity index (χ1v) is 4.38. The lowest BCUT2D eigenvalue weighted by atomic mass is 10.3. The highest BCUT2D eigenvalue weighted by Crippen LogP contribution is 2.30. The molecule has 0 aliphatic carbocycles. The van der Waals surface area contributed by atoms with Crippen molar-refractivity contribution in [3.63, 3.8) is 0 Å². The van der Waals surface area contributed by atoms with Crippen molar-refractivity contribution in [2.45, 2.75) is 6.10 Å². The van der Waals surface area contributed by atoms with Gasteiger partial charge in [-0.1, -0.05) is 12.1 Å². The molecule has 0 spiro atoms. The maximum atomic E-state index is 5.64. The van der Waals surface area contributed by atoms with Gasteiger partial charge < -0.3 is 9.47 Å². The van der Waals surface area contributed by atoms with Gasteiger partial charge in [0.25, 0.3) is 0 Å². The minimum absolute atomic E-state index is 0.0124.